The fourth-order valence-corrected chi connectivity index (χ4v) is 1.53. The summed E-state index contributed by atoms with van der Waals surface area (Å²) in [4.78, 5) is 10.6. The van der Waals surface area contributed by atoms with Gasteiger partial charge in [0.25, 0.3) is 0 Å². The predicted molar refractivity (Wildman–Crippen MR) is 69.6 cm³/mol. The molecule has 3 heteroatoms. The van der Waals surface area contributed by atoms with Crippen molar-refractivity contribution in [3.63, 3.8) is 0 Å². The third-order valence-electron chi connectivity index (χ3n) is 2.35. The number of nitrogens with one attached hydrogen (secondary N) is 1. The zero-order valence-electron chi connectivity index (χ0n) is 10.1. The van der Waals surface area contributed by atoms with E-state index in [2.05, 4.69) is 11.4 Å². The largest absolute Gasteiger partial charge is 0.396 e. The zero-order chi connectivity index (χ0) is 12.5. The Kier molecular flexibility index (Phi) is 6.04. The van der Waals surface area contributed by atoms with E-state index < -0.39 is 0 Å². The zero-order valence-corrected chi connectivity index (χ0v) is 10.1. The van der Waals surface area contributed by atoms with Crippen LogP contribution in [-0.4, -0.2) is 24.2 Å². The molecule has 3 nitrogen and oxygen atoms in total. The molecule has 0 unspecified atom stereocenters. The fraction of sp³-hybridized carbons (Fsp3) is 0.357. The van der Waals surface area contributed by atoms with Crippen LogP contribution >= 0.6 is 0 Å². The first-order valence-corrected chi connectivity index (χ1v) is 5.83. The molecule has 0 aliphatic rings. The van der Waals surface area contributed by atoms with Gasteiger partial charge in [0, 0.05) is 20.1 Å². The van der Waals surface area contributed by atoms with Crippen LogP contribution in [0.4, 0.5) is 0 Å². The Balaban J connectivity index is 2.42. The van der Waals surface area contributed by atoms with Crippen LogP contribution in [0.5, 0.6) is 0 Å². The van der Waals surface area contributed by atoms with Crippen molar-refractivity contribution in [2.24, 2.45) is 0 Å². The monoisotopic (exact) mass is 233 g/mol. The van der Waals surface area contributed by atoms with E-state index in [9.17, 15) is 4.79 Å². The maximum atomic E-state index is 10.6. The quantitative estimate of drug-likeness (QED) is 0.736. The van der Waals surface area contributed by atoms with E-state index in [1.54, 1.807) is 0 Å². The van der Waals surface area contributed by atoms with Crippen molar-refractivity contribution >= 4 is 12.0 Å². The van der Waals surface area contributed by atoms with Gasteiger partial charge in [0.2, 0.25) is 5.91 Å². The Morgan fingerprint density at radius 1 is 1.47 bits per heavy atom. The summed E-state index contributed by atoms with van der Waals surface area (Å²) >= 11 is 0. The molecule has 0 bridgehead atoms. The van der Waals surface area contributed by atoms with Crippen LogP contribution in [0.15, 0.2) is 30.3 Å². The Bertz CT molecular complexity index is 386. The van der Waals surface area contributed by atoms with Gasteiger partial charge in [-0.1, -0.05) is 36.4 Å². The number of aliphatic hydroxyl groups is 1. The number of carbonyl (C=O) groups excluding carboxylic acids is 1. The summed E-state index contributed by atoms with van der Waals surface area (Å²) in [5.41, 5.74) is 2.26. The molecule has 1 aromatic carbocycles. The number of amides is 1. The first-order valence-electron chi connectivity index (χ1n) is 5.83. The maximum Gasteiger partial charge on any atom is 0.216 e. The van der Waals surface area contributed by atoms with Gasteiger partial charge in [-0.3, -0.25) is 4.79 Å². The molecular formula is C14H19NO2. The first-order chi connectivity index (χ1) is 8.22. The Labute approximate surface area is 102 Å². The number of hydrogen-bond donors (Lipinski definition) is 2. The number of aliphatic hydroxyl groups excluding tert-OH is 1. The molecule has 0 saturated carbocycles. The molecule has 1 rings (SSSR count). The minimum Gasteiger partial charge on any atom is -0.396 e. The highest BCUT2D eigenvalue weighted by Gasteiger charge is 1.92. The summed E-state index contributed by atoms with van der Waals surface area (Å²) in [5.74, 6) is 0.00310. The smallest absolute Gasteiger partial charge is 0.216 e. The highest BCUT2D eigenvalue weighted by Crippen LogP contribution is 2.08. The summed E-state index contributed by atoms with van der Waals surface area (Å²) in [6.07, 6.45) is 5.58. The molecule has 0 aliphatic heterocycles. The van der Waals surface area contributed by atoms with Gasteiger partial charge >= 0.3 is 0 Å². The van der Waals surface area contributed by atoms with Crippen molar-refractivity contribution < 1.29 is 9.90 Å². The van der Waals surface area contributed by atoms with Gasteiger partial charge in [0.05, 0.1) is 0 Å². The molecule has 0 saturated heterocycles. The lowest BCUT2D eigenvalue weighted by Crippen LogP contribution is -2.20. The third kappa shape index (κ3) is 5.88. The Morgan fingerprint density at radius 2 is 2.29 bits per heavy atom. The molecule has 0 fully saturated rings. The highest BCUT2D eigenvalue weighted by molar-refractivity contribution is 5.72. The van der Waals surface area contributed by atoms with Gasteiger partial charge in [0.1, 0.15) is 0 Å². The Morgan fingerprint density at radius 3 is 3.00 bits per heavy atom. The second kappa shape index (κ2) is 7.63. The van der Waals surface area contributed by atoms with Crippen molar-refractivity contribution in [2.45, 2.75) is 19.8 Å². The molecule has 0 spiro atoms. The lowest BCUT2D eigenvalue weighted by molar-refractivity contribution is -0.118. The van der Waals surface area contributed by atoms with Gasteiger partial charge in [-0.05, 0) is 24.0 Å². The van der Waals surface area contributed by atoms with E-state index in [4.69, 9.17) is 5.11 Å². The van der Waals surface area contributed by atoms with Crippen LogP contribution in [-0.2, 0) is 11.2 Å². The first kappa shape index (κ1) is 13.5. The van der Waals surface area contributed by atoms with Crippen LogP contribution in [0.3, 0.4) is 0 Å². The second-order valence-corrected chi connectivity index (χ2v) is 3.89. The van der Waals surface area contributed by atoms with Gasteiger partial charge < -0.3 is 10.4 Å². The molecule has 2 N–H and O–H groups in total. The Hall–Kier alpha value is -1.61. The van der Waals surface area contributed by atoms with Crippen LogP contribution in [0, 0.1) is 0 Å². The minimum atomic E-state index is 0.00310. The molecular weight excluding hydrogens is 214 g/mol. The fourth-order valence-electron chi connectivity index (χ4n) is 1.53. The van der Waals surface area contributed by atoms with E-state index in [0.717, 1.165) is 17.5 Å². The average Bonchev–Trinajstić information content (AvgIpc) is 2.29. The topological polar surface area (TPSA) is 49.3 Å². The van der Waals surface area contributed by atoms with E-state index in [0.29, 0.717) is 13.0 Å². The summed E-state index contributed by atoms with van der Waals surface area (Å²) in [6, 6.07) is 8.07. The van der Waals surface area contributed by atoms with E-state index in [-0.39, 0.29) is 12.5 Å². The number of hydrogen-bond acceptors (Lipinski definition) is 2. The standard InChI is InChI=1S/C14H19NO2/c1-12(17)15-9-3-2-5-13-6-4-7-14(11-13)8-10-16/h2,4-7,11,16H,3,8-10H2,1H3,(H,15,17). The normalized spacial score (nSPS) is 10.7. The van der Waals surface area contributed by atoms with E-state index >= 15 is 0 Å². The number of carbonyl (C=O) groups is 1. The molecule has 0 atom stereocenters. The summed E-state index contributed by atoms with van der Waals surface area (Å²) in [6.45, 7) is 2.36. The molecule has 0 heterocycles. The molecule has 1 amide bonds. The number of rotatable bonds is 6. The van der Waals surface area contributed by atoms with Crippen molar-refractivity contribution in [3.8, 4) is 0 Å². The summed E-state index contributed by atoms with van der Waals surface area (Å²) < 4.78 is 0. The van der Waals surface area contributed by atoms with Gasteiger partial charge in [-0.25, -0.2) is 0 Å². The second-order valence-electron chi connectivity index (χ2n) is 3.89. The van der Waals surface area contributed by atoms with Crippen LogP contribution in [0.1, 0.15) is 24.5 Å². The molecule has 0 radical (unpaired) electrons. The maximum absolute atomic E-state index is 10.6. The van der Waals surface area contributed by atoms with Crippen molar-refractivity contribution in [3.05, 3.63) is 41.5 Å². The van der Waals surface area contributed by atoms with Crippen LogP contribution in [0.2, 0.25) is 0 Å². The SMILES string of the molecule is CC(=O)NCCC=Cc1cccc(CCO)c1. The lowest BCUT2D eigenvalue weighted by Gasteiger charge is -2.00. The number of benzene rings is 1. The van der Waals surface area contributed by atoms with Crippen molar-refractivity contribution in [1.82, 2.24) is 5.32 Å². The molecule has 0 aromatic heterocycles. The molecule has 1 aromatic rings. The van der Waals surface area contributed by atoms with Crippen LogP contribution < -0.4 is 5.32 Å². The highest BCUT2D eigenvalue weighted by atomic mass is 16.2. The molecule has 92 valence electrons. The van der Waals surface area contributed by atoms with Crippen molar-refractivity contribution in [2.75, 3.05) is 13.2 Å². The summed E-state index contributed by atoms with van der Waals surface area (Å²) in [5, 5.41) is 11.6. The average molecular weight is 233 g/mol. The molecule has 17 heavy (non-hydrogen) atoms. The third-order valence-corrected chi connectivity index (χ3v) is 2.35. The van der Waals surface area contributed by atoms with Gasteiger partial charge in [0.15, 0.2) is 0 Å². The van der Waals surface area contributed by atoms with Gasteiger partial charge in [-0.2, -0.15) is 0 Å². The van der Waals surface area contributed by atoms with Crippen molar-refractivity contribution in [1.29, 1.82) is 0 Å². The lowest BCUT2D eigenvalue weighted by atomic mass is 10.1. The molecule has 0 aliphatic carbocycles. The van der Waals surface area contributed by atoms with E-state index in [1.807, 2.05) is 30.4 Å². The van der Waals surface area contributed by atoms with Gasteiger partial charge in [-0.15, -0.1) is 0 Å². The van der Waals surface area contributed by atoms with Crippen LogP contribution in [0.25, 0.3) is 6.08 Å². The van der Waals surface area contributed by atoms with E-state index in [1.165, 1.54) is 6.92 Å². The minimum absolute atomic E-state index is 0.00310. The summed E-state index contributed by atoms with van der Waals surface area (Å²) in [7, 11) is 0. The predicted octanol–water partition coefficient (Wildman–Crippen LogP) is 1.76.